The number of hydrogen-bond acceptors (Lipinski definition) is 3. The van der Waals surface area contributed by atoms with Gasteiger partial charge in [0.25, 0.3) is 0 Å². The number of thiocarbonyl (C=S) groups is 1. The Kier molecular flexibility index (Phi) is 7.27. The molecular formula is C21H28N2O2S. The van der Waals surface area contributed by atoms with Crippen molar-refractivity contribution < 1.29 is 9.47 Å². The van der Waals surface area contributed by atoms with E-state index in [-0.39, 0.29) is 6.04 Å². The molecule has 2 aromatic rings. The monoisotopic (exact) mass is 372 g/mol. The molecule has 2 N–H and O–H groups in total. The summed E-state index contributed by atoms with van der Waals surface area (Å²) in [5, 5.41) is 7.22. The molecule has 26 heavy (non-hydrogen) atoms. The van der Waals surface area contributed by atoms with Crippen molar-refractivity contribution in [3.05, 3.63) is 53.1 Å². The first-order chi connectivity index (χ1) is 12.4. The predicted octanol–water partition coefficient (Wildman–Crippen LogP) is 5.15. The van der Waals surface area contributed by atoms with Crippen LogP contribution in [0.4, 0.5) is 5.69 Å². The quantitative estimate of drug-likeness (QED) is 0.658. The molecule has 0 unspecified atom stereocenters. The molecule has 0 aliphatic carbocycles. The fourth-order valence-corrected chi connectivity index (χ4v) is 2.93. The zero-order valence-corrected chi connectivity index (χ0v) is 17.0. The van der Waals surface area contributed by atoms with Gasteiger partial charge in [0.05, 0.1) is 19.3 Å². The van der Waals surface area contributed by atoms with Gasteiger partial charge in [-0.1, -0.05) is 18.2 Å². The second-order valence-corrected chi connectivity index (χ2v) is 6.62. The number of anilines is 1. The van der Waals surface area contributed by atoms with E-state index < -0.39 is 0 Å². The first kappa shape index (κ1) is 20.0. The van der Waals surface area contributed by atoms with Gasteiger partial charge in [-0.3, -0.25) is 0 Å². The first-order valence-electron chi connectivity index (χ1n) is 8.98. The fourth-order valence-electron chi connectivity index (χ4n) is 2.65. The summed E-state index contributed by atoms with van der Waals surface area (Å²) in [5.74, 6) is 1.52. The topological polar surface area (TPSA) is 42.5 Å². The normalized spacial score (nSPS) is 11.6. The molecular weight excluding hydrogens is 344 g/mol. The number of hydrogen-bond donors (Lipinski definition) is 2. The van der Waals surface area contributed by atoms with Crippen molar-refractivity contribution in [2.75, 3.05) is 18.5 Å². The summed E-state index contributed by atoms with van der Waals surface area (Å²) in [7, 11) is 0. The highest BCUT2D eigenvalue weighted by atomic mass is 32.1. The Morgan fingerprint density at radius 2 is 1.69 bits per heavy atom. The van der Waals surface area contributed by atoms with Crippen LogP contribution >= 0.6 is 12.2 Å². The van der Waals surface area contributed by atoms with Crippen LogP contribution in [-0.4, -0.2) is 18.3 Å². The fraction of sp³-hybridized carbons (Fsp3) is 0.381. The lowest BCUT2D eigenvalue weighted by Crippen LogP contribution is -2.31. The third-order valence-corrected chi connectivity index (χ3v) is 4.28. The lowest BCUT2D eigenvalue weighted by molar-refractivity contribution is 0.287. The van der Waals surface area contributed by atoms with Crippen LogP contribution in [0.3, 0.4) is 0 Å². The van der Waals surface area contributed by atoms with Crippen LogP contribution in [0.5, 0.6) is 11.5 Å². The van der Waals surface area contributed by atoms with E-state index in [9.17, 15) is 0 Å². The Hall–Kier alpha value is -2.27. The lowest BCUT2D eigenvalue weighted by Gasteiger charge is -2.20. The Bertz CT molecular complexity index is 762. The van der Waals surface area contributed by atoms with Crippen molar-refractivity contribution in [2.24, 2.45) is 0 Å². The minimum Gasteiger partial charge on any atom is -0.490 e. The summed E-state index contributed by atoms with van der Waals surface area (Å²) in [6.45, 7) is 11.3. The van der Waals surface area contributed by atoms with Crippen LogP contribution in [0.25, 0.3) is 0 Å². The van der Waals surface area contributed by atoms with Crippen molar-refractivity contribution in [2.45, 2.75) is 40.7 Å². The van der Waals surface area contributed by atoms with Crippen LogP contribution in [0, 0.1) is 13.8 Å². The predicted molar refractivity (Wildman–Crippen MR) is 112 cm³/mol. The molecule has 0 fully saturated rings. The molecule has 0 amide bonds. The van der Waals surface area contributed by atoms with Gasteiger partial charge in [-0.05, 0) is 81.7 Å². The zero-order chi connectivity index (χ0) is 19.1. The van der Waals surface area contributed by atoms with E-state index in [0.717, 1.165) is 28.3 Å². The van der Waals surface area contributed by atoms with Crippen molar-refractivity contribution in [1.82, 2.24) is 5.32 Å². The molecule has 5 heteroatoms. The maximum Gasteiger partial charge on any atom is 0.171 e. The smallest absolute Gasteiger partial charge is 0.171 e. The summed E-state index contributed by atoms with van der Waals surface area (Å²) < 4.78 is 11.3. The standard InChI is InChI=1S/C21H28N2O2S/c1-6-24-19-11-10-17(13-20(19)25-7-2)16(5)22-21(26)23-18-12-14(3)8-9-15(18)4/h8-13,16H,6-7H2,1-5H3,(H2,22,23,26)/t16-/m1/s1. The number of benzene rings is 2. The third kappa shape index (κ3) is 5.36. The van der Waals surface area contributed by atoms with E-state index in [1.807, 2.05) is 32.0 Å². The largest absolute Gasteiger partial charge is 0.490 e. The van der Waals surface area contributed by atoms with E-state index in [2.05, 4.69) is 49.6 Å². The molecule has 0 aliphatic rings. The number of aryl methyl sites for hydroxylation is 2. The molecule has 0 aliphatic heterocycles. The summed E-state index contributed by atoms with van der Waals surface area (Å²) >= 11 is 5.49. The van der Waals surface area contributed by atoms with E-state index >= 15 is 0 Å². The van der Waals surface area contributed by atoms with Gasteiger partial charge in [-0.2, -0.15) is 0 Å². The minimum atomic E-state index is 0.0370. The Labute approximate surface area is 161 Å². The molecule has 0 saturated heterocycles. The average molecular weight is 373 g/mol. The SMILES string of the molecule is CCOc1ccc([C@@H](C)NC(=S)Nc2cc(C)ccc2C)cc1OCC. The molecule has 0 radical (unpaired) electrons. The molecule has 0 spiro atoms. The summed E-state index contributed by atoms with van der Waals surface area (Å²) in [6.07, 6.45) is 0. The van der Waals surface area contributed by atoms with Gasteiger partial charge in [0.1, 0.15) is 0 Å². The van der Waals surface area contributed by atoms with Gasteiger partial charge in [-0.15, -0.1) is 0 Å². The van der Waals surface area contributed by atoms with Crippen molar-refractivity contribution >= 4 is 23.0 Å². The third-order valence-electron chi connectivity index (χ3n) is 4.06. The van der Waals surface area contributed by atoms with Crippen LogP contribution in [0.2, 0.25) is 0 Å². The number of nitrogens with one attached hydrogen (secondary N) is 2. The molecule has 0 saturated carbocycles. The van der Waals surface area contributed by atoms with Gasteiger partial charge < -0.3 is 20.1 Å². The average Bonchev–Trinajstić information content (AvgIpc) is 2.60. The molecule has 0 aromatic heterocycles. The molecule has 0 bridgehead atoms. The van der Waals surface area contributed by atoms with E-state index in [4.69, 9.17) is 21.7 Å². The summed E-state index contributed by atoms with van der Waals surface area (Å²) in [5.41, 5.74) is 4.47. The minimum absolute atomic E-state index is 0.0370. The van der Waals surface area contributed by atoms with Gasteiger partial charge >= 0.3 is 0 Å². The summed E-state index contributed by atoms with van der Waals surface area (Å²) in [6, 6.07) is 12.3. The molecule has 0 heterocycles. The molecule has 2 aromatic carbocycles. The van der Waals surface area contributed by atoms with Gasteiger partial charge in [0.2, 0.25) is 0 Å². The van der Waals surface area contributed by atoms with Gasteiger partial charge in [-0.25, -0.2) is 0 Å². The summed E-state index contributed by atoms with van der Waals surface area (Å²) in [4.78, 5) is 0. The van der Waals surface area contributed by atoms with Gasteiger partial charge in [0, 0.05) is 5.69 Å². The highest BCUT2D eigenvalue weighted by molar-refractivity contribution is 7.80. The number of ether oxygens (including phenoxy) is 2. The van der Waals surface area contributed by atoms with Crippen LogP contribution < -0.4 is 20.1 Å². The molecule has 140 valence electrons. The molecule has 4 nitrogen and oxygen atoms in total. The number of rotatable bonds is 7. The van der Waals surface area contributed by atoms with Crippen molar-refractivity contribution in [3.8, 4) is 11.5 Å². The van der Waals surface area contributed by atoms with E-state index in [1.165, 1.54) is 5.56 Å². The highest BCUT2D eigenvalue weighted by Gasteiger charge is 2.12. The van der Waals surface area contributed by atoms with Crippen molar-refractivity contribution in [1.29, 1.82) is 0 Å². The van der Waals surface area contributed by atoms with Crippen LogP contribution in [0.15, 0.2) is 36.4 Å². The lowest BCUT2D eigenvalue weighted by atomic mass is 10.1. The maximum absolute atomic E-state index is 5.71. The first-order valence-corrected chi connectivity index (χ1v) is 9.39. The Morgan fingerprint density at radius 1 is 1.00 bits per heavy atom. The van der Waals surface area contributed by atoms with E-state index in [0.29, 0.717) is 18.3 Å². The second kappa shape index (κ2) is 9.43. The highest BCUT2D eigenvalue weighted by Crippen LogP contribution is 2.30. The molecule has 1 atom stereocenters. The Morgan fingerprint density at radius 3 is 2.38 bits per heavy atom. The molecule has 2 rings (SSSR count). The van der Waals surface area contributed by atoms with Crippen LogP contribution in [-0.2, 0) is 0 Å². The van der Waals surface area contributed by atoms with Gasteiger partial charge in [0.15, 0.2) is 16.6 Å². The zero-order valence-electron chi connectivity index (χ0n) is 16.2. The maximum atomic E-state index is 5.71. The van der Waals surface area contributed by atoms with E-state index in [1.54, 1.807) is 0 Å². The second-order valence-electron chi connectivity index (χ2n) is 6.21. The Balaban J connectivity index is 2.08. The van der Waals surface area contributed by atoms with Crippen LogP contribution in [0.1, 0.15) is 43.5 Å². The van der Waals surface area contributed by atoms with Crippen molar-refractivity contribution in [3.63, 3.8) is 0 Å².